The van der Waals surface area contributed by atoms with Gasteiger partial charge < -0.3 is 5.32 Å². The molecule has 2 heteroatoms. The van der Waals surface area contributed by atoms with E-state index in [4.69, 9.17) is 0 Å². The second kappa shape index (κ2) is 12.8. The van der Waals surface area contributed by atoms with Crippen molar-refractivity contribution in [2.75, 3.05) is 6.54 Å². The van der Waals surface area contributed by atoms with Crippen LogP contribution in [-0.2, 0) is 6.42 Å². The third kappa shape index (κ3) is 9.62. The topological polar surface area (TPSA) is 24.9 Å². The van der Waals surface area contributed by atoms with Crippen LogP contribution in [0.4, 0.5) is 0 Å². The molecule has 0 aliphatic heterocycles. The summed E-state index contributed by atoms with van der Waals surface area (Å²) < 4.78 is 0. The molecular formula is C19H34N2. The lowest BCUT2D eigenvalue weighted by atomic mass is 10.00. The molecule has 1 atom stereocenters. The highest BCUT2D eigenvalue weighted by Gasteiger charge is 2.08. The quantitative estimate of drug-likeness (QED) is 0.509. The molecule has 0 spiro atoms. The minimum absolute atomic E-state index is 0.610. The first kappa shape index (κ1) is 18.2. The molecule has 0 aromatic carbocycles. The number of likely N-dealkylation sites (N-methyl/N-ethyl adjacent to an activating group) is 1. The van der Waals surface area contributed by atoms with E-state index in [1.54, 1.807) is 0 Å². The largest absolute Gasteiger partial charge is 0.314 e. The maximum Gasteiger partial charge on any atom is 0.0300 e. The van der Waals surface area contributed by atoms with Crippen molar-refractivity contribution >= 4 is 0 Å². The molecular weight excluding hydrogens is 256 g/mol. The van der Waals surface area contributed by atoms with E-state index in [2.05, 4.69) is 30.2 Å². The van der Waals surface area contributed by atoms with Crippen LogP contribution in [0.15, 0.2) is 24.5 Å². The van der Waals surface area contributed by atoms with Gasteiger partial charge >= 0.3 is 0 Å². The molecule has 1 rings (SSSR count). The molecule has 0 radical (unpaired) electrons. The molecule has 0 aliphatic carbocycles. The average molecular weight is 290 g/mol. The van der Waals surface area contributed by atoms with Crippen LogP contribution < -0.4 is 5.32 Å². The highest BCUT2D eigenvalue weighted by atomic mass is 14.9. The summed E-state index contributed by atoms with van der Waals surface area (Å²) in [5.74, 6) is 0. The summed E-state index contributed by atoms with van der Waals surface area (Å²) in [5, 5.41) is 3.62. The Morgan fingerprint density at radius 3 is 2.33 bits per heavy atom. The molecule has 1 N–H and O–H groups in total. The first-order valence-electron chi connectivity index (χ1n) is 8.99. The predicted octanol–water partition coefficient (Wildman–Crippen LogP) is 5.13. The van der Waals surface area contributed by atoms with Crippen molar-refractivity contribution in [2.24, 2.45) is 0 Å². The number of hydrogen-bond acceptors (Lipinski definition) is 2. The van der Waals surface area contributed by atoms with Crippen LogP contribution in [0.1, 0.15) is 77.2 Å². The van der Waals surface area contributed by atoms with E-state index in [9.17, 15) is 0 Å². The molecule has 0 amide bonds. The highest BCUT2D eigenvalue weighted by Crippen LogP contribution is 2.12. The lowest BCUT2D eigenvalue weighted by molar-refractivity contribution is 0.458. The number of pyridine rings is 1. The van der Waals surface area contributed by atoms with Gasteiger partial charge in [0, 0.05) is 18.4 Å². The first-order chi connectivity index (χ1) is 10.4. The van der Waals surface area contributed by atoms with Crippen LogP contribution in [0.5, 0.6) is 0 Å². The number of nitrogens with one attached hydrogen (secondary N) is 1. The molecule has 1 aromatic rings. The zero-order chi connectivity index (χ0) is 15.2. The lowest BCUT2D eigenvalue weighted by Gasteiger charge is -2.17. The Hall–Kier alpha value is -0.890. The van der Waals surface area contributed by atoms with Gasteiger partial charge in [-0.25, -0.2) is 0 Å². The van der Waals surface area contributed by atoms with Crippen molar-refractivity contribution in [1.29, 1.82) is 0 Å². The van der Waals surface area contributed by atoms with Crippen molar-refractivity contribution < 1.29 is 0 Å². The summed E-state index contributed by atoms with van der Waals surface area (Å²) in [6, 6.07) is 4.83. The zero-order valence-corrected chi connectivity index (χ0v) is 14.1. The Morgan fingerprint density at radius 1 is 1.00 bits per heavy atom. The van der Waals surface area contributed by atoms with Gasteiger partial charge in [0.15, 0.2) is 0 Å². The van der Waals surface area contributed by atoms with Gasteiger partial charge in [-0.05, 0) is 31.0 Å². The van der Waals surface area contributed by atoms with E-state index in [1.807, 2.05) is 18.5 Å². The van der Waals surface area contributed by atoms with Gasteiger partial charge in [-0.1, -0.05) is 71.3 Å². The molecule has 0 saturated carbocycles. The maximum absolute atomic E-state index is 4.22. The normalized spacial score (nSPS) is 12.5. The molecule has 1 aromatic heterocycles. The molecule has 1 unspecified atom stereocenters. The second-order valence-corrected chi connectivity index (χ2v) is 6.08. The summed E-state index contributed by atoms with van der Waals surface area (Å²) in [4.78, 5) is 4.22. The van der Waals surface area contributed by atoms with Crippen LogP contribution in [0.2, 0.25) is 0 Å². The molecule has 0 saturated heterocycles. The molecule has 21 heavy (non-hydrogen) atoms. The van der Waals surface area contributed by atoms with Gasteiger partial charge in [-0.15, -0.1) is 0 Å². The summed E-state index contributed by atoms with van der Waals surface area (Å²) in [6.07, 6.45) is 17.4. The molecule has 1 heterocycles. The molecule has 0 bridgehead atoms. The fourth-order valence-corrected chi connectivity index (χ4v) is 2.89. The van der Waals surface area contributed by atoms with Gasteiger partial charge in [-0.3, -0.25) is 4.98 Å². The summed E-state index contributed by atoms with van der Waals surface area (Å²) in [6.45, 7) is 5.54. The maximum atomic E-state index is 4.22. The molecule has 120 valence electrons. The number of nitrogens with zero attached hydrogens (tertiary/aromatic N) is 1. The summed E-state index contributed by atoms with van der Waals surface area (Å²) in [5.41, 5.74) is 1.35. The van der Waals surface area contributed by atoms with Gasteiger partial charge in [0.2, 0.25) is 0 Å². The third-order valence-corrected chi connectivity index (χ3v) is 4.10. The van der Waals surface area contributed by atoms with E-state index < -0.39 is 0 Å². The number of hydrogen-bond donors (Lipinski definition) is 1. The highest BCUT2D eigenvalue weighted by molar-refractivity contribution is 5.10. The summed E-state index contributed by atoms with van der Waals surface area (Å²) in [7, 11) is 0. The minimum Gasteiger partial charge on any atom is -0.314 e. The third-order valence-electron chi connectivity index (χ3n) is 4.10. The van der Waals surface area contributed by atoms with E-state index in [0.717, 1.165) is 13.0 Å². The molecule has 2 nitrogen and oxygen atoms in total. The Labute approximate surface area is 131 Å². The van der Waals surface area contributed by atoms with Crippen molar-refractivity contribution in [3.05, 3.63) is 30.1 Å². The standard InChI is InChI=1S/C19H34N2/c1-3-5-6-7-8-9-10-11-14-19(21-4-2)16-18-13-12-15-20-17-18/h12-13,15,17,19,21H,3-11,14,16H2,1-2H3. The van der Waals surface area contributed by atoms with E-state index >= 15 is 0 Å². The van der Waals surface area contributed by atoms with Gasteiger partial charge in [0.05, 0.1) is 0 Å². The van der Waals surface area contributed by atoms with E-state index in [1.165, 1.54) is 63.4 Å². The van der Waals surface area contributed by atoms with E-state index in [-0.39, 0.29) is 0 Å². The second-order valence-electron chi connectivity index (χ2n) is 6.08. The van der Waals surface area contributed by atoms with Crippen molar-refractivity contribution in [1.82, 2.24) is 10.3 Å². The van der Waals surface area contributed by atoms with Crippen LogP contribution in [-0.4, -0.2) is 17.6 Å². The Bertz CT molecular complexity index is 324. The number of aromatic nitrogens is 1. The van der Waals surface area contributed by atoms with Crippen LogP contribution >= 0.6 is 0 Å². The van der Waals surface area contributed by atoms with Crippen molar-refractivity contribution in [3.63, 3.8) is 0 Å². The molecule has 0 aliphatic rings. The van der Waals surface area contributed by atoms with E-state index in [0.29, 0.717) is 6.04 Å². The number of rotatable bonds is 13. The average Bonchev–Trinajstić information content (AvgIpc) is 2.51. The first-order valence-corrected chi connectivity index (χ1v) is 8.99. The smallest absolute Gasteiger partial charge is 0.0300 e. The SMILES string of the molecule is CCCCCCCCCCC(Cc1cccnc1)NCC. The van der Waals surface area contributed by atoms with Crippen molar-refractivity contribution in [3.8, 4) is 0 Å². The van der Waals surface area contributed by atoms with Crippen LogP contribution in [0.25, 0.3) is 0 Å². The minimum atomic E-state index is 0.610. The van der Waals surface area contributed by atoms with Gasteiger partial charge in [0.25, 0.3) is 0 Å². The van der Waals surface area contributed by atoms with Crippen molar-refractivity contribution in [2.45, 2.75) is 84.1 Å². The van der Waals surface area contributed by atoms with Gasteiger partial charge in [0.1, 0.15) is 0 Å². The van der Waals surface area contributed by atoms with Crippen LogP contribution in [0, 0.1) is 0 Å². The summed E-state index contributed by atoms with van der Waals surface area (Å²) >= 11 is 0. The Morgan fingerprint density at radius 2 is 1.71 bits per heavy atom. The lowest BCUT2D eigenvalue weighted by Crippen LogP contribution is -2.30. The Kier molecular flexibility index (Phi) is 11.1. The van der Waals surface area contributed by atoms with Crippen LogP contribution in [0.3, 0.4) is 0 Å². The monoisotopic (exact) mass is 290 g/mol. The zero-order valence-electron chi connectivity index (χ0n) is 14.1. The predicted molar refractivity (Wildman–Crippen MR) is 92.6 cm³/mol. The molecule has 0 fully saturated rings. The Balaban J connectivity index is 2.11. The fraction of sp³-hybridized carbons (Fsp3) is 0.737. The number of unbranched alkanes of at least 4 members (excludes halogenated alkanes) is 7. The van der Waals surface area contributed by atoms with Gasteiger partial charge in [-0.2, -0.15) is 0 Å². The fourth-order valence-electron chi connectivity index (χ4n) is 2.89.